The fourth-order valence-electron chi connectivity index (χ4n) is 1.22. The number of rotatable bonds is 3. The van der Waals surface area contributed by atoms with Crippen LogP contribution in [0.5, 0.6) is 0 Å². The van der Waals surface area contributed by atoms with Crippen molar-refractivity contribution in [3.05, 3.63) is 34.1 Å². The first kappa shape index (κ1) is 12.0. The van der Waals surface area contributed by atoms with Gasteiger partial charge in [-0.3, -0.25) is 0 Å². The van der Waals surface area contributed by atoms with Crippen LogP contribution in [-0.4, -0.2) is 5.38 Å². The van der Waals surface area contributed by atoms with Crippen molar-refractivity contribution >= 4 is 27.5 Å². The summed E-state index contributed by atoms with van der Waals surface area (Å²) in [6.45, 7) is 4.02. The lowest BCUT2D eigenvalue weighted by atomic mass is 9.98. The van der Waals surface area contributed by atoms with Gasteiger partial charge in [-0.15, -0.1) is 11.6 Å². The van der Waals surface area contributed by atoms with E-state index in [1.165, 1.54) is 6.07 Å². The van der Waals surface area contributed by atoms with E-state index >= 15 is 0 Å². The smallest absolute Gasteiger partial charge is 0.137 e. The van der Waals surface area contributed by atoms with Gasteiger partial charge in [-0.2, -0.15) is 0 Å². The molecule has 2 unspecified atom stereocenters. The average Bonchev–Trinajstić information content (AvgIpc) is 2.12. The van der Waals surface area contributed by atoms with Crippen molar-refractivity contribution in [3.63, 3.8) is 0 Å². The maximum absolute atomic E-state index is 13.2. The van der Waals surface area contributed by atoms with Gasteiger partial charge in [0.05, 0.1) is 4.47 Å². The molecule has 14 heavy (non-hydrogen) atoms. The van der Waals surface area contributed by atoms with Gasteiger partial charge in [-0.1, -0.05) is 19.1 Å². The summed E-state index contributed by atoms with van der Waals surface area (Å²) in [5, 5.41) is 0.102. The van der Waals surface area contributed by atoms with E-state index in [0.717, 1.165) is 12.0 Å². The Hall–Kier alpha value is -0.0800. The van der Waals surface area contributed by atoms with Crippen LogP contribution in [0.3, 0.4) is 0 Å². The first-order valence-electron chi connectivity index (χ1n) is 4.59. The van der Waals surface area contributed by atoms with Crippen molar-refractivity contribution in [2.24, 2.45) is 5.92 Å². The van der Waals surface area contributed by atoms with Crippen LogP contribution in [0.15, 0.2) is 22.7 Å². The minimum atomic E-state index is -0.211. The summed E-state index contributed by atoms with van der Waals surface area (Å²) in [5.41, 5.74) is 0.977. The first-order valence-corrected chi connectivity index (χ1v) is 5.82. The molecule has 0 aliphatic heterocycles. The third-order valence-corrected chi connectivity index (χ3v) is 3.68. The van der Waals surface area contributed by atoms with Crippen molar-refractivity contribution in [3.8, 4) is 0 Å². The van der Waals surface area contributed by atoms with E-state index in [9.17, 15) is 4.39 Å². The molecular formula is C11H13BrClF. The highest BCUT2D eigenvalue weighted by atomic mass is 79.9. The molecule has 0 heterocycles. The second kappa shape index (κ2) is 5.13. The summed E-state index contributed by atoms with van der Waals surface area (Å²) < 4.78 is 13.7. The molecule has 1 rings (SSSR count). The molecule has 0 N–H and O–H groups in total. The lowest BCUT2D eigenvalue weighted by Crippen LogP contribution is -2.10. The van der Waals surface area contributed by atoms with Crippen LogP contribution in [0.25, 0.3) is 0 Å². The summed E-state index contributed by atoms with van der Waals surface area (Å²) in [5.74, 6) is 0.131. The van der Waals surface area contributed by atoms with Crippen molar-refractivity contribution in [1.82, 2.24) is 0 Å². The molecule has 78 valence electrons. The molecule has 0 saturated heterocycles. The highest BCUT2D eigenvalue weighted by molar-refractivity contribution is 9.10. The lowest BCUT2D eigenvalue weighted by Gasteiger charge is -2.14. The predicted molar refractivity (Wildman–Crippen MR) is 62.3 cm³/mol. The van der Waals surface area contributed by atoms with E-state index in [-0.39, 0.29) is 11.2 Å². The number of hydrogen-bond acceptors (Lipinski definition) is 0. The molecule has 0 spiro atoms. The van der Waals surface area contributed by atoms with Crippen molar-refractivity contribution < 1.29 is 4.39 Å². The third-order valence-electron chi connectivity index (χ3n) is 2.36. The van der Waals surface area contributed by atoms with E-state index in [4.69, 9.17) is 11.6 Å². The van der Waals surface area contributed by atoms with Gasteiger partial charge in [0.2, 0.25) is 0 Å². The van der Waals surface area contributed by atoms with Crippen molar-refractivity contribution in [1.29, 1.82) is 0 Å². The fourth-order valence-corrected chi connectivity index (χ4v) is 1.73. The summed E-state index contributed by atoms with van der Waals surface area (Å²) in [4.78, 5) is 0. The number of alkyl halides is 1. The largest absolute Gasteiger partial charge is 0.206 e. The van der Waals surface area contributed by atoms with Gasteiger partial charge in [0.25, 0.3) is 0 Å². The van der Waals surface area contributed by atoms with Crippen molar-refractivity contribution in [2.45, 2.75) is 25.6 Å². The third kappa shape index (κ3) is 2.96. The molecule has 3 heteroatoms. The second-order valence-corrected chi connectivity index (χ2v) is 5.05. The van der Waals surface area contributed by atoms with E-state index in [1.807, 2.05) is 13.0 Å². The molecule has 0 amide bonds. The molecule has 2 atom stereocenters. The number of benzene rings is 1. The maximum atomic E-state index is 13.2. The zero-order valence-corrected chi connectivity index (χ0v) is 10.6. The molecule has 0 aromatic heterocycles. The van der Waals surface area contributed by atoms with Gasteiger partial charge in [0, 0.05) is 5.38 Å². The maximum Gasteiger partial charge on any atom is 0.137 e. The Morgan fingerprint density at radius 2 is 2.07 bits per heavy atom. The molecule has 0 nitrogen and oxygen atoms in total. The zero-order valence-electron chi connectivity index (χ0n) is 8.23. The Balaban J connectivity index is 2.82. The van der Waals surface area contributed by atoms with Crippen molar-refractivity contribution in [2.75, 3.05) is 0 Å². The Kier molecular flexibility index (Phi) is 4.39. The minimum absolute atomic E-state index is 0.102. The first-order chi connectivity index (χ1) is 6.52. The highest BCUT2D eigenvalue weighted by Crippen LogP contribution is 2.24. The van der Waals surface area contributed by atoms with Gasteiger partial charge >= 0.3 is 0 Å². The van der Waals surface area contributed by atoms with Gasteiger partial charge in [-0.25, -0.2) is 4.39 Å². The Bertz CT molecular complexity index is 312. The van der Waals surface area contributed by atoms with E-state index in [0.29, 0.717) is 10.4 Å². The fraction of sp³-hybridized carbons (Fsp3) is 0.455. The number of halogens is 3. The molecule has 0 fully saturated rings. The predicted octanol–water partition coefficient (Wildman–Crippen LogP) is 4.39. The van der Waals surface area contributed by atoms with E-state index in [1.54, 1.807) is 6.07 Å². The Labute approximate surface area is 97.6 Å². The van der Waals surface area contributed by atoms with Crippen LogP contribution in [0, 0.1) is 11.7 Å². The summed E-state index contributed by atoms with van der Waals surface area (Å²) >= 11 is 9.20. The van der Waals surface area contributed by atoms with Crippen LogP contribution >= 0.6 is 27.5 Å². The Morgan fingerprint density at radius 3 is 2.64 bits per heavy atom. The molecule has 0 aliphatic rings. The van der Waals surface area contributed by atoms with Crippen LogP contribution in [0.1, 0.15) is 19.4 Å². The second-order valence-electron chi connectivity index (χ2n) is 3.57. The molecule has 0 radical (unpaired) electrons. The van der Waals surface area contributed by atoms with E-state index in [2.05, 4.69) is 22.9 Å². The topological polar surface area (TPSA) is 0 Å². The van der Waals surface area contributed by atoms with Crippen LogP contribution in [-0.2, 0) is 6.42 Å². The standard InChI is InChI=1S/C11H13BrClF/c1-7(8(2)13)6-9-4-3-5-10(14)11(9)12/h3-5,7-8H,6H2,1-2H3. The lowest BCUT2D eigenvalue weighted by molar-refractivity contribution is 0.559. The van der Waals surface area contributed by atoms with Crippen LogP contribution < -0.4 is 0 Å². The highest BCUT2D eigenvalue weighted by Gasteiger charge is 2.13. The van der Waals surface area contributed by atoms with Gasteiger partial charge in [-0.05, 0) is 46.8 Å². The summed E-state index contributed by atoms with van der Waals surface area (Å²) in [6.07, 6.45) is 0.795. The molecule has 0 aliphatic carbocycles. The van der Waals surface area contributed by atoms with Gasteiger partial charge < -0.3 is 0 Å². The van der Waals surface area contributed by atoms with E-state index < -0.39 is 0 Å². The molecule has 0 saturated carbocycles. The summed E-state index contributed by atoms with van der Waals surface area (Å²) in [7, 11) is 0. The quantitative estimate of drug-likeness (QED) is 0.720. The average molecular weight is 280 g/mol. The Morgan fingerprint density at radius 1 is 1.43 bits per heavy atom. The van der Waals surface area contributed by atoms with Gasteiger partial charge in [0.1, 0.15) is 5.82 Å². The molecule has 1 aromatic rings. The molecule has 1 aromatic carbocycles. The van der Waals surface area contributed by atoms with Gasteiger partial charge in [0.15, 0.2) is 0 Å². The molecule has 0 bridgehead atoms. The SMILES string of the molecule is CC(Cl)C(C)Cc1cccc(F)c1Br. The number of hydrogen-bond donors (Lipinski definition) is 0. The minimum Gasteiger partial charge on any atom is -0.206 e. The monoisotopic (exact) mass is 278 g/mol. The van der Waals surface area contributed by atoms with Crippen LogP contribution in [0.2, 0.25) is 0 Å². The van der Waals surface area contributed by atoms with Crippen LogP contribution in [0.4, 0.5) is 4.39 Å². The summed E-state index contributed by atoms with van der Waals surface area (Å²) in [6, 6.07) is 5.09. The normalized spacial score (nSPS) is 15.2. The molecular weight excluding hydrogens is 266 g/mol. The zero-order chi connectivity index (χ0) is 10.7.